The highest BCUT2D eigenvalue weighted by atomic mass is 16.5. The molecule has 0 bridgehead atoms. The van der Waals surface area contributed by atoms with E-state index in [1.165, 1.54) is 0 Å². The summed E-state index contributed by atoms with van der Waals surface area (Å²) < 4.78 is 5.64. The molecule has 0 unspecified atom stereocenters. The van der Waals surface area contributed by atoms with E-state index in [2.05, 4.69) is 12.1 Å². The van der Waals surface area contributed by atoms with Crippen molar-refractivity contribution in [3.05, 3.63) is 29.8 Å². The third-order valence-corrected chi connectivity index (χ3v) is 2.50. The molecule has 0 aliphatic heterocycles. The van der Waals surface area contributed by atoms with Gasteiger partial charge in [-0.1, -0.05) is 25.1 Å². The number of nitrogens with zero attached hydrogens (tertiary/aromatic N) is 2. The van der Waals surface area contributed by atoms with E-state index in [9.17, 15) is 0 Å². The zero-order chi connectivity index (χ0) is 12.5. The molecule has 88 valence electrons. The van der Waals surface area contributed by atoms with Crippen LogP contribution < -0.4 is 4.74 Å². The number of nitriles is 2. The number of hydrogen-bond acceptors (Lipinski definition) is 3. The third-order valence-electron chi connectivity index (χ3n) is 2.50. The second-order valence-corrected chi connectivity index (χ2v) is 3.81. The number of hydrogen-bond donors (Lipinski definition) is 0. The molecule has 0 saturated carbocycles. The molecule has 0 heterocycles. The molecule has 0 N–H and O–H groups in total. The zero-order valence-electron chi connectivity index (χ0n) is 10.0. The van der Waals surface area contributed by atoms with Crippen LogP contribution in [0.2, 0.25) is 0 Å². The van der Waals surface area contributed by atoms with Crippen LogP contribution in [-0.4, -0.2) is 6.61 Å². The Morgan fingerprint density at radius 3 is 2.41 bits per heavy atom. The first-order valence-corrected chi connectivity index (χ1v) is 5.79. The molecule has 0 saturated heterocycles. The van der Waals surface area contributed by atoms with Gasteiger partial charge >= 0.3 is 0 Å². The topological polar surface area (TPSA) is 56.8 Å². The Morgan fingerprint density at radius 1 is 1.18 bits per heavy atom. The minimum atomic E-state index is -0.0574. The zero-order valence-corrected chi connectivity index (χ0v) is 10.0. The highest BCUT2D eigenvalue weighted by Crippen LogP contribution is 2.31. The van der Waals surface area contributed by atoms with Crippen molar-refractivity contribution in [3.63, 3.8) is 0 Å². The first-order chi connectivity index (χ1) is 8.33. The molecule has 0 radical (unpaired) electrons. The first-order valence-electron chi connectivity index (χ1n) is 5.79. The van der Waals surface area contributed by atoms with E-state index in [0.29, 0.717) is 19.4 Å². The largest absolute Gasteiger partial charge is 0.493 e. The van der Waals surface area contributed by atoms with Gasteiger partial charge in [0, 0.05) is 18.8 Å². The number of para-hydroxylation sites is 1. The monoisotopic (exact) mass is 228 g/mol. The van der Waals surface area contributed by atoms with Gasteiger partial charge in [-0.3, -0.25) is 0 Å². The summed E-state index contributed by atoms with van der Waals surface area (Å²) in [5.74, 6) is 0.739. The van der Waals surface area contributed by atoms with Crippen molar-refractivity contribution in [1.29, 1.82) is 10.5 Å². The molecular formula is C14H16N2O. The predicted octanol–water partition coefficient (Wildman–Crippen LogP) is 3.39. The van der Waals surface area contributed by atoms with E-state index in [1.54, 1.807) is 0 Å². The molecular weight excluding hydrogens is 212 g/mol. The van der Waals surface area contributed by atoms with E-state index in [0.717, 1.165) is 17.7 Å². The van der Waals surface area contributed by atoms with Crippen LogP contribution in [0.15, 0.2) is 24.3 Å². The fourth-order valence-electron chi connectivity index (χ4n) is 1.67. The Bertz CT molecular complexity index is 413. The van der Waals surface area contributed by atoms with Crippen LogP contribution in [0, 0.1) is 22.7 Å². The summed E-state index contributed by atoms with van der Waals surface area (Å²) in [4.78, 5) is 0. The summed E-state index contributed by atoms with van der Waals surface area (Å²) in [6.07, 6.45) is 1.63. The minimum Gasteiger partial charge on any atom is -0.493 e. The molecule has 0 aliphatic carbocycles. The molecule has 0 aliphatic rings. The lowest BCUT2D eigenvalue weighted by molar-refractivity contribution is 0.312. The molecule has 0 aromatic heterocycles. The quantitative estimate of drug-likeness (QED) is 0.749. The lowest BCUT2D eigenvalue weighted by Crippen LogP contribution is -2.03. The van der Waals surface area contributed by atoms with Crippen LogP contribution in [0.5, 0.6) is 5.75 Å². The Hall–Kier alpha value is -2.00. The van der Waals surface area contributed by atoms with Gasteiger partial charge in [-0.15, -0.1) is 0 Å². The maximum Gasteiger partial charge on any atom is 0.122 e. The van der Waals surface area contributed by atoms with E-state index in [1.807, 2.05) is 31.2 Å². The van der Waals surface area contributed by atoms with E-state index < -0.39 is 0 Å². The average molecular weight is 228 g/mol. The summed E-state index contributed by atoms with van der Waals surface area (Å²) >= 11 is 0. The van der Waals surface area contributed by atoms with Crippen molar-refractivity contribution < 1.29 is 4.74 Å². The normalized spacial score (nSPS) is 9.65. The van der Waals surface area contributed by atoms with Gasteiger partial charge in [-0.05, 0) is 18.1 Å². The number of ether oxygens (including phenoxy) is 1. The molecule has 3 heteroatoms. The second-order valence-electron chi connectivity index (χ2n) is 3.81. The molecule has 0 amide bonds. The molecule has 0 atom stereocenters. The molecule has 1 rings (SSSR count). The fraction of sp³-hybridized carbons (Fsp3) is 0.429. The van der Waals surface area contributed by atoms with Gasteiger partial charge in [0.15, 0.2) is 0 Å². The molecule has 3 nitrogen and oxygen atoms in total. The van der Waals surface area contributed by atoms with Gasteiger partial charge in [0.1, 0.15) is 5.75 Å². The van der Waals surface area contributed by atoms with Crippen LogP contribution in [0.3, 0.4) is 0 Å². The summed E-state index contributed by atoms with van der Waals surface area (Å²) in [5.41, 5.74) is 0.962. The van der Waals surface area contributed by atoms with Gasteiger partial charge in [0.2, 0.25) is 0 Å². The second kappa shape index (κ2) is 7.30. The van der Waals surface area contributed by atoms with Crippen LogP contribution in [0.4, 0.5) is 0 Å². The van der Waals surface area contributed by atoms with Crippen molar-refractivity contribution in [2.75, 3.05) is 6.61 Å². The van der Waals surface area contributed by atoms with Crippen molar-refractivity contribution in [3.8, 4) is 17.9 Å². The fourth-order valence-corrected chi connectivity index (χ4v) is 1.67. The summed E-state index contributed by atoms with van der Waals surface area (Å²) in [7, 11) is 0. The molecule has 17 heavy (non-hydrogen) atoms. The van der Waals surface area contributed by atoms with E-state index in [4.69, 9.17) is 15.3 Å². The Kier molecular flexibility index (Phi) is 5.61. The maximum absolute atomic E-state index is 8.79. The van der Waals surface area contributed by atoms with Gasteiger partial charge < -0.3 is 4.74 Å². The van der Waals surface area contributed by atoms with Crippen LogP contribution in [-0.2, 0) is 0 Å². The van der Waals surface area contributed by atoms with Crippen molar-refractivity contribution in [1.82, 2.24) is 0 Å². The third kappa shape index (κ3) is 3.81. The van der Waals surface area contributed by atoms with Crippen molar-refractivity contribution in [2.24, 2.45) is 0 Å². The van der Waals surface area contributed by atoms with E-state index in [-0.39, 0.29) is 5.92 Å². The molecule has 1 aromatic carbocycles. The maximum atomic E-state index is 8.79. The average Bonchev–Trinajstić information content (AvgIpc) is 2.36. The van der Waals surface area contributed by atoms with Gasteiger partial charge in [-0.2, -0.15) is 10.5 Å². The molecule has 0 spiro atoms. The van der Waals surface area contributed by atoms with Gasteiger partial charge in [0.25, 0.3) is 0 Å². The number of rotatable bonds is 6. The highest BCUT2D eigenvalue weighted by Gasteiger charge is 2.15. The number of benzene rings is 1. The van der Waals surface area contributed by atoms with Crippen molar-refractivity contribution >= 4 is 0 Å². The summed E-state index contributed by atoms with van der Waals surface area (Å²) in [6, 6.07) is 11.9. The highest BCUT2D eigenvalue weighted by molar-refractivity contribution is 5.37. The first kappa shape index (κ1) is 13.1. The smallest absolute Gasteiger partial charge is 0.122 e. The lowest BCUT2D eigenvalue weighted by Gasteiger charge is -2.15. The molecule has 1 aromatic rings. The Balaban J connectivity index is 2.93. The minimum absolute atomic E-state index is 0.0574. The van der Waals surface area contributed by atoms with Crippen molar-refractivity contribution in [2.45, 2.75) is 32.1 Å². The lowest BCUT2D eigenvalue weighted by atomic mass is 9.93. The predicted molar refractivity (Wildman–Crippen MR) is 65.4 cm³/mol. The summed E-state index contributed by atoms with van der Waals surface area (Å²) in [5, 5.41) is 17.6. The van der Waals surface area contributed by atoms with E-state index >= 15 is 0 Å². The SMILES string of the molecule is CCCOc1ccccc1C(CC#N)CC#N. The summed E-state index contributed by atoms with van der Waals surface area (Å²) in [6.45, 7) is 2.70. The van der Waals surface area contributed by atoms with Gasteiger partial charge in [-0.25, -0.2) is 0 Å². The van der Waals surface area contributed by atoms with Gasteiger partial charge in [0.05, 0.1) is 18.7 Å². The van der Waals surface area contributed by atoms with Crippen LogP contribution in [0.1, 0.15) is 37.7 Å². The Labute approximate surface area is 102 Å². The standard InChI is InChI=1S/C14H16N2O/c1-2-11-17-14-6-4-3-5-13(14)12(7-9-15)8-10-16/h3-6,12H,2,7-8,11H2,1H3. The van der Waals surface area contributed by atoms with Crippen LogP contribution >= 0.6 is 0 Å². The van der Waals surface area contributed by atoms with Crippen LogP contribution in [0.25, 0.3) is 0 Å². The Morgan fingerprint density at radius 2 is 1.82 bits per heavy atom. The molecule has 0 fully saturated rings.